The summed E-state index contributed by atoms with van der Waals surface area (Å²) in [6.07, 6.45) is 0. The number of para-hydroxylation sites is 2. The lowest BCUT2D eigenvalue weighted by Crippen LogP contribution is -2.14. The molecule has 0 aliphatic rings. The van der Waals surface area contributed by atoms with Gasteiger partial charge in [-0.05, 0) is 50.2 Å². The minimum Gasteiger partial charge on any atom is -0.354 e. The summed E-state index contributed by atoms with van der Waals surface area (Å²) in [5, 5.41) is 3.22. The van der Waals surface area contributed by atoms with E-state index in [1.807, 2.05) is 37.3 Å². The van der Waals surface area contributed by atoms with Crippen molar-refractivity contribution in [1.29, 1.82) is 0 Å². The van der Waals surface area contributed by atoms with Gasteiger partial charge in [0.15, 0.2) is 5.78 Å². The highest BCUT2D eigenvalue weighted by molar-refractivity contribution is 7.92. The number of nitrogens with one attached hydrogen (secondary N) is 2. The van der Waals surface area contributed by atoms with Crippen LogP contribution in [-0.2, 0) is 10.0 Å². The van der Waals surface area contributed by atoms with Gasteiger partial charge in [0.2, 0.25) is 0 Å². The molecule has 138 valence electrons. The Bertz CT molecular complexity index is 1070. The predicted molar refractivity (Wildman–Crippen MR) is 108 cm³/mol. The van der Waals surface area contributed by atoms with E-state index < -0.39 is 10.0 Å². The van der Waals surface area contributed by atoms with Gasteiger partial charge in [0, 0.05) is 11.3 Å². The SMILES string of the molecule is CC(=O)c1cccc(S(=O)(=O)Nc2ccccc2Nc2ccc(C)cc2)c1. The van der Waals surface area contributed by atoms with Crippen LogP contribution in [0.25, 0.3) is 0 Å². The van der Waals surface area contributed by atoms with Crippen LogP contribution in [0, 0.1) is 6.92 Å². The van der Waals surface area contributed by atoms with Gasteiger partial charge in [-0.2, -0.15) is 0 Å². The number of anilines is 3. The molecule has 3 rings (SSSR count). The van der Waals surface area contributed by atoms with Gasteiger partial charge in [-0.25, -0.2) is 8.42 Å². The number of Topliss-reactive ketones (excluding diaryl/α,β-unsaturated/α-hetero) is 1. The summed E-state index contributed by atoms with van der Waals surface area (Å²) in [7, 11) is -3.83. The van der Waals surface area contributed by atoms with Crippen molar-refractivity contribution in [3.05, 3.63) is 83.9 Å². The molecule has 0 saturated carbocycles. The molecule has 6 heteroatoms. The minimum atomic E-state index is -3.83. The molecule has 0 fully saturated rings. The molecule has 5 nitrogen and oxygen atoms in total. The molecule has 0 aliphatic carbocycles. The van der Waals surface area contributed by atoms with Crippen LogP contribution in [0.5, 0.6) is 0 Å². The monoisotopic (exact) mass is 380 g/mol. The lowest BCUT2D eigenvalue weighted by molar-refractivity contribution is 0.101. The molecular weight excluding hydrogens is 360 g/mol. The van der Waals surface area contributed by atoms with Crippen molar-refractivity contribution >= 4 is 32.9 Å². The Kier molecular flexibility index (Phi) is 5.28. The van der Waals surface area contributed by atoms with Crippen molar-refractivity contribution < 1.29 is 13.2 Å². The second-order valence-corrected chi connectivity index (χ2v) is 7.91. The smallest absolute Gasteiger partial charge is 0.261 e. The van der Waals surface area contributed by atoms with Gasteiger partial charge in [-0.3, -0.25) is 9.52 Å². The molecule has 0 aromatic heterocycles. The number of aryl methyl sites for hydroxylation is 1. The summed E-state index contributed by atoms with van der Waals surface area (Å²) in [5.74, 6) is -0.187. The first kappa shape index (κ1) is 18.7. The maximum Gasteiger partial charge on any atom is 0.261 e. The second-order valence-electron chi connectivity index (χ2n) is 6.23. The summed E-state index contributed by atoms with van der Waals surface area (Å²) < 4.78 is 28.2. The summed E-state index contributed by atoms with van der Waals surface area (Å²) in [4.78, 5) is 11.6. The molecule has 0 atom stereocenters. The third-order valence-corrected chi connectivity index (χ3v) is 5.42. The molecule has 2 N–H and O–H groups in total. The number of hydrogen-bond donors (Lipinski definition) is 2. The first-order valence-electron chi connectivity index (χ1n) is 8.42. The molecule has 0 radical (unpaired) electrons. The molecular formula is C21H20N2O3S. The number of rotatable bonds is 6. The summed E-state index contributed by atoms with van der Waals surface area (Å²) in [5.41, 5.74) is 3.40. The van der Waals surface area contributed by atoms with Gasteiger partial charge in [0.1, 0.15) is 0 Å². The fourth-order valence-electron chi connectivity index (χ4n) is 2.56. The molecule has 0 spiro atoms. The molecule has 27 heavy (non-hydrogen) atoms. The zero-order valence-electron chi connectivity index (χ0n) is 15.1. The van der Waals surface area contributed by atoms with Crippen LogP contribution in [0.4, 0.5) is 17.1 Å². The van der Waals surface area contributed by atoms with E-state index in [2.05, 4.69) is 10.0 Å². The molecule has 0 unspecified atom stereocenters. The van der Waals surface area contributed by atoms with E-state index in [0.29, 0.717) is 16.9 Å². The zero-order valence-corrected chi connectivity index (χ0v) is 15.9. The largest absolute Gasteiger partial charge is 0.354 e. The maximum atomic E-state index is 12.8. The number of carbonyl (C=O) groups excluding carboxylic acids is 1. The van der Waals surface area contributed by atoms with Crippen LogP contribution in [0.15, 0.2) is 77.7 Å². The van der Waals surface area contributed by atoms with Crippen LogP contribution in [0.3, 0.4) is 0 Å². The van der Waals surface area contributed by atoms with Crippen molar-refractivity contribution in [3.8, 4) is 0 Å². The van der Waals surface area contributed by atoms with E-state index in [1.165, 1.54) is 19.1 Å². The molecule has 0 saturated heterocycles. The van der Waals surface area contributed by atoms with Crippen LogP contribution < -0.4 is 10.0 Å². The van der Waals surface area contributed by atoms with Gasteiger partial charge in [0.05, 0.1) is 16.3 Å². The standard InChI is InChI=1S/C21H20N2O3S/c1-15-10-12-18(13-11-15)22-20-8-3-4-9-21(20)23-27(25,26)19-7-5-6-17(14-19)16(2)24/h3-14,22-23H,1-2H3. The van der Waals surface area contributed by atoms with E-state index >= 15 is 0 Å². The third kappa shape index (κ3) is 4.54. The first-order chi connectivity index (χ1) is 12.8. The van der Waals surface area contributed by atoms with E-state index in [-0.39, 0.29) is 10.7 Å². The molecule has 0 heterocycles. The highest BCUT2D eigenvalue weighted by Gasteiger charge is 2.17. The Morgan fingerprint density at radius 2 is 1.52 bits per heavy atom. The Morgan fingerprint density at radius 3 is 2.19 bits per heavy atom. The number of hydrogen-bond acceptors (Lipinski definition) is 4. The molecule has 0 amide bonds. The Hall–Kier alpha value is -3.12. The number of sulfonamides is 1. The van der Waals surface area contributed by atoms with Crippen molar-refractivity contribution in [2.45, 2.75) is 18.7 Å². The van der Waals surface area contributed by atoms with Gasteiger partial charge in [-0.1, -0.05) is 42.0 Å². The number of ketones is 1. The summed E-state index contributed by atoms with van der Waals surface area (Å²) >= 11 is 0. The topological polar surface area (TPSA) is 75.3 Å². The lowest BCUT2D eigenvalue weighted by atomic mass is 10.2. The normalized spacial score (nSPS) is 11.0. The summed E-state index contributed by atoms with van der Waals surface area (Å²) in [6.45, 7) is 3.40. The Labute approximate surface area is 159 Å². The first-order valence-corrected chi connectivity index (χ1v) is 9.90. The second kappa shape index (κ2) is 7.63. The molecule has 0 aliphatic heterocycles. The average Bonchev–Trinajstić information content (AvgIpc) is 2.65. The number of carbonyl (C=O) groups is 1. The van der Waals surface area contributed by atoms with Crippen LogP contribution >= 0.6 is 0 Å². The lowest BCUT2D eigenvalue weighted by Gasteiger charge is -2.14. The third-order valence-electron chi connectivity index (χ3n) is 4.05. The quantitative estimate of drug-likeness (QED) is 0.606. The molecule has 3 aromatic carbocycles. The van der Waals surface area contributed by atoms with Crippen LogP contribution in [0.1, 0.15) is 22.8 Å². The Balaban J connectivity index is 1.90. The number of benzene rings is 3. The van der Waals surface area contributed by atoms with Crippen molar-refractivity contribution in [2.24, 2.45) is 0 Å². The van der Waals surface area contributed by atoms with Crippen molar-refractivity contribution in [3.63, 3.8) is 0 Å². The van der Waals surface area contributed by atoms with E-state index in [0.717, 1.165) is 11.3 Å². The highest BCUT2D eigenvalue weighted by atomic mass is 32.2. The predicted octanol–water partition coefficient (Wildman–Crippen LogP) is 4.74. The van der Waals surface area contributed by atoms with E-state index in [4.69, 9.17) is 0 Å². The zero-order chi connectivity index (χ0) is 19.4. The van der Waals surface area contributed by atoms with Crippen LogP contribution in [0.2, 0.25) is 0 Å². The van der Waals surface area contributed by atoms with Crippen LogP contribution in [-0.4, -0.2) is 14.2 Å². The summed E-state index contributed by atoms with van der Waals surface area (Å²) in [6, 6.07) is 20.8. The minimum absolute atomic E-state index is 0.0420. The van der Waals surface area contributed by atoms with Gasteiger partial charge < -0.3 is 5.32 Å². The van der Waals surface area contributed by atoms with Gasteiger partial charge in [-0.15, -0.1) is 0 Å². The van der Waals surface area contributed by atoms with Crippen molar-refractivity contribution in [1.82, 2.24) is 0 Å². The van der Waals surface area contributed by atoms with Crippen molar-refractivity contribution in [2.75, 3.05) is 10.0 Å². The molecule has 0 bridgehead atoms. The fraction of sp³-hybridized carbons (Fsp3) is 0.0952. The van der Waals surface area contributed by atoms with Gasteiger partial charge >= 0.3 is 0 Å². The average molecular weight is 380 g/mol. The fourth-order valence-corrected chi connectivity index (χ4v) is 3.68. The van der Waals surface area contributed by atoms with E-state index in [9.17, 15) is 13.2 Å². The maximum absolute atomic E-state index is 12.8. The molecule has 3 aromatic rings. The van der Waals surface area contributed by atoms with Gasteiger partial charge in [0.25, 0.3) is 10.0 Å². The Morgan fingerprint density at radius 1 is 0.852 bits per heavy atom. The highest BCUT2D eigenvalue weighted by Crippen LogP contribution is 2.28. The van der Waals surface area contributed by atoms with E-state index in [1.54, 1.807) is 30.3 Å².